The Bertz CT molecular complexity index is 1190. The first kappa shape index (κ1) is 18.0. The summed E-state index contributed by atoms with van der Waals surface area (Å²) in [5.41, 5.74) is 1.57. The lowest BCUT2D eigenvalue weighted by Gasteiger charge is -2.28. The number of nitriles is 1. The molecule has 144 valence electrons. The maximum absolute atomic E-state index is 12.9. The molecule has 1 aliphatic rings. The summed E-state index contributed by atoms with van der Waals surface area (Å²) in [6, 6.07) is 9.37. The number of anilines is 1. The summed E-state index contributed by atoms with van der Waals surface area (Å²) >= 11 is 0. The van der Waals surface area contributed by atoms with Crippen molar-refractivity contribution in [3.63, 3.8) is 0 Å². The van der Waals surface area contributed by atoms with Crippen molar-refractivity contribution in [3.8, 4) is 6.07 Å². The Kier molecular flexibility index (Phi) is 4.49. The number of hydrogen-bond donors (Lipinski definition) is 1. The predicted octanol–water partition coefficient (Wildman–Crippen LogP) is -0.237. The number of nitrogens with one attached hydrogen (secondary N) is 1. The topological polar surface area (TPSA) is 101 Å². The number of hydrogen-bond acceptors (Lipinski definition) is 6. The first-order valence-corrected chi connectivity index (χ1v) is 9.12. The molecule has 1 aromatic carbocycles. The molecular formula is C19H21N7O2. The van der Waals surface area contributed by atoms with Crippen LogP contribution in [-0.4, -0.2) is 44.9 Å². The molecule has 4 rings (SSSR count). The fourth-order valence-corrected chi connectivity index (χ4v) is 3.56. The molecule has 0 spiro atoms. The number of fused-ring (bicyclic) bond motifs is 1. The van der Waals surface area contributed by atoms with Crippen LogP contribution in [0.25, 0.3) is 11.2 Å². The number of imidazole rings is 1. The van der Waals surface area contributed by atoms with Gasteiger partial charge >= 0.3 is 5.69 Å². The number of rotatable bonds is 3. The molecule has 0 unspecified atom stereocenters. The highest BCUT2D eigenvalue weighted by Crippen LogP contribution is 2.22. The van der Waals surface area contributed by atoms with Crippen molar-refractivity contribution in [1.82, 2.24) is 24.0 Å². The maximum atomic E-state index is 12.9. The molecule has 2 aromatic heterocycles. The van der Waals surface area contributed by atoms with Crippen LogP contribution in [0.3, 0.4) is 0 Å². The van der Waals surface area contributed by atoms with Crippen LogP contribution in [0.2, 0.25) is 0 Å². The molecule has 3 heterocycles. The van der Waals surface area contributed by atoms with Crippen LogP contribution < -0.4 is 21.5 Å². The second kappa shape index (κ2) is 6.98. The molecular weight excluding hydrogens is 358 g/mol. The Morgan fingerprint density at radius 3 is 2.43 bits per heavy atom. The van der Waals surface area contributed by atoms with Crippen LogP contribution in [0, 0.1) is 11.3 Å². The summed E-state index contributed by atoms with van der Waals surface area (Å²) in [7, 11) is 3.11. The highest BCUT2D eigenvalue weighted by Gasteiger charge is 2.23. The second-order valence-corrected chi connectivity index (χ2v) is 6.92. The molecule has 9 nitrogen and oxygen atoms in total. The zero-order chi connectivity index (χ0) is 19.8. The van der Waals surface area contributed by atoms with Crippen molar-refractivity contribution >= 4 is 17.1 Å². The van der Waals surface area contributed by atoms with Crippen molar-refractivity contribution in [2.24, 2.45) is 14.1 Å². The minimum atomic E-state index is -0.396. The minimum Gasteiger partial charge on any atom is -0.340 e. The third-order valence-electron chi connectivity index (χ3n) is 5.15. The van der Waals surface area contributed by atoms with E-state index in [1.807, 2.05) is 16.7 Å². The Labute approximate surface area is 161 Å². The van der Waals surface area contributed by atoms with Gasteiger partial charge in [0, 0.05) is 40.3 Å². The van der Waals surface area contributed by atoms with Gasteiger partial charge in [0.05, 0.1) is 18.2 Å². The van der Waals surface area contributed by atoms with Gasteiger partial charge in [-0.1, -0.05) is 12.1 Å². The van der Waals surface area contributed by atoms with Gasteiger partial charge in [-0.2, -0.15) is 10.2 Å². The van der Waals surface area contributed by atoms with Crippen LogP contribution >= 0.6 is 0 Å². The maximum Gasteiger partial charge on any atom is 0.332 e. The minimum absolute atomic E-state index is 0.361. The van der Waals surface area contributed by atoms with E-state index in [1.54, 1.807) is 19.2 Å². The molecule has 0 amide bonds. The summed E-state index contributed by atoms with van der Waals surface area (Å²) in [5.74, 6) is 0.680. The zero-order valence-corrected chi connectivity index (χ0v) is 15.8. The van der Waals surface area contributed by atoms with Gasteiger partial charge in [-0.3, -0.25) is 18.5 Å². The van der Waals surface area contributed by atoms with Crippen LogP contribution in [0.4, 0.5) is 5.95 Å². The van der Waals surface area contributed by atoms with E-state index in [9.17, 15) is 9.59 Å². The largest absolute Gasteiger partial charge is 0.340 e. The van der Waals surface area contributed by atoms with E-state index >= 15 is 0 Å². The second-order valence-electron chi connectivity index (χ2n) is 6.92. The summed E-state index contributed by atoms with van der Waals surface area (Å²) in [5, 5.41) is 12.3. The Balaban J connectivity index is 1.93. The highest BCUT2D eigenvalue weighted by atomic mass is 16.2. The van der Waals surface area contributed by atoms with Crippen molar-refractivity contribution < 1.29 is 0 Å². The molecule has 0 aliphatic carbocycles. The van der Waals surface area contributed by atoms with Gasteiger partial charge in [0.25, 0.3) is 5.56 Å². The fourth-order valence-electron chi connectivity index (χ4n) is 3.56. The standard InChI is InChI=1S/C19H21N7O2/c1-23-16-15(17(27)24(2)19(23)28)26(12-14-5-3-13(11-20)4-6-14)18(22-16)25-9-7-21-8-10-25/h3-6,21H,7-10,12H2,1-2H3. The molecule has 9 heteroatoms. The van der Waals surface area contributed by atoms with Gasteiger partial charge in [-0.15, -0.1) is 0 Å². The molecule has 1 saturated heterocycles. The van der Waals surface area contributed by atoms with Gasteiger partial charge in [0.1, 0.15) is 0 Å². The Hall–Kier alpha value is -3.38. The zero-order valence-electron chi connectivity index (χ0n) is 15.8. The SMILES string of the molecule is Cn1c(=O)c2c(nc(N3CCNCC3)n2Cc2ccc(C#N)cc2)n(C)c1=O. The van der Waals surface area contributed by atoms with E-state index in [0.717, 1.165) is 36.3 Å². The molecule has 1 aliphatic heterocycles. The van der Waals surface area contributed by atoms with Crippen LogP contribution in [0.15, 0.2) is 33.9 Å². The lowest BCUT2D eigenvalue weighted by Crippen LogP contribution is -2.44. The predicted molar refractivity (Wildman–Crippen MR) is 106 cm³/mol. The molecule has 0 saturated carbocycles. The van der Waals surface area contributed by atoms with Crippen molar-refractivity contribution in [3.05, 3.63) is 56.2 Å². The Morgan fingerprint density at radius 1 is 1.11 bits per heavy atom. The van der Waals surface area contributed by atoms with Gasteiger partial charge < -0.3 is 10.2 Å². The smallest absolute Gasteiger partial charge is 0.332 e. The number of aromatic nitrogens is 4. The van der Waals surface area contributed by atoms with E-state index in [4.69, 9.17) is 5.26 Å². The third-order valence-corrected chi connectivity index (χ3v) is 5.15. The summed E-state index contributed by atoms with van der Waals surface area (Å²) in [4.78, 5) is 32.1. The number of aryl methyl sites for hydroxylation is 1. The molecule has 0 atom stereocenters. The molecule has 1 N–H and O–H groups in total. The average Bonchev–Trinajstić information content (AvgIpc) is 3.11. The van der Waals surface area contributed by atoms with Crippen LogP contribution in [-0.2, 0) is 20.6 Å². The van der Waals surface area contributed by atoms with Crippen LogP contribution in [0.1, 0.15) is 11.1 Å². The molecule has 28 heavy (non-hydrogen) atoms. The van der Waals surface area contributed by atoms with E-state index < -0.39 is 5.69 Å². The van der Waals surface area contributed by atoms with Gasteiger partial charge in [0.2, 0.25) is 5.95 Å². The number of piperazine rings is 1. The summed E-state index contributed by atoms with van der Waals surface area (Å²) in [6.45, 7) is 3.62. The number of benzene rings is 1. The van der Waals surface area contributed by atoms with Gasteiger partial charge in [0.15, 0.2) is 11.2 Å². The number of nitrogens with zero attached hydrogens (tertiary/aromatic N) is 6. The van der Waals surface area contributed by atoms with Gasteiger partial charge in [-0.25, -0.2) is 4.79 Å². The molecule has 0 radical (unpaired) electrons. The normalized spacial score (nSPS) is 14.4. The summed E-state index contributed by atoms with van der Waals surface area (Å²) < 4.78 is 4.41. The lowest BCUT2D eigenvalue weighted by molar-refractivity contribution is 0.571. The first-order chi connectivity index (χ1) is 13.5. The fraction of sp³-hybridized carbons (Fsp3) is 0.368. The quantitative estimate of drug-likeness (QED) is 0.674. The van der Waals surface area contributed by atoms with Crippen LogP contribution in [0.5, 0.6) is 0 Å². The van der Waals surface area contributed by atoms with Crippen molar-refractivity contribution in [1.29, 1.82) is 5.26 Å². The highest BCUT2D eigenvalue weighted by molar-refractivity contribution is 5.75. The van der Waals surface area contributed by atoms with Crippen molar-refractivity contribution in [2.45, 2.75) is 6.54 Å². The summed E-state index contributed by atoms with van der Waals surface area (Å²) in [6.07, 6.45) is 0. The average molecular weight is 379 g/mol. The Morgan fingerprint density at radius 2 is 1.79 bits per heavy atom. The molecule has 1 fully saturated rings. The van der Waals surface area contributed by atoms with E-state index in [-0.39, 0.29) is 5.56 Å². The van der Waals surface area contributed by atoms with E-state index in [1.165, 1.54) is 11.6 Å². The van der Waals surface area contributed by atoms with Gasteiger partial charge in [-0.05, 0) is 17.7 Å². The first-order valence-electron chi connectivity index (χ1n) is 9.12. The molecule has 0 bridgehead atoms. The van der Waals surface area contributed by atoms with Crippen molar-refractivity contribution in [2.75, 3.05) is 31.1 Å². The third kappa shape index (κ3) is 2.88. The lowest BCUT2D eigenvalue weighted by atomic mass is 10.1. The van der Waals surface area contributed by atoms with E-state index in [0.29, 0.717) is 29.2 Å². The van der Waals surface area contributed by atoms with E-state index in [2.05, 4.69) is 21.3 Å². The molecule has 3 aromatic rings. The monoisotopic (exact) mass is 379 g/mol.